The first kappa shape index (κ1) is 12.8. The molecule has 0 saturated heterocycles. The molecule has 1 unspecified atom stereocenters. The van der Waals surface area contributed by atoms with Crippen LogP contribution in [0.25, 0.3) is 0 Å². The molecule has 0 aliphatic heterocycles. The van der Waals surface area contributed by atoms with Gasteiger partial charge < -0.3 is 19.9 Å². The third-order valence-electron chi connectivity index (χ3n) is 1.61. The Hall–Kier alpha value is -0.160. The Morgan fingerprint density at radius 2 is 2.15 bits per heavy atom. The number of hydrogen-bond donors (Lipinski definition) is 2. The van der Waals surface area contributed by atoms with E-state index in [9.17, 15) is 5.11 Å². The van der Waals surface area contributed by atoms with Gasteiger partial charge in [-0.1, -0.05) is 0 Å². The van der Waals surface area contributed by atoms with Crippen molar-refractivity contribution >= 4 is 0 Å². The highest BCUT2D eigenvalue weighted by Crippen LogP contribution is 2.01. The second-order valence-electron chi connectivity index (χ2n) is 3.30. The van der Waals surface area contributed by atoms with E-state index >= 15 is 0 Å². The number of hydrogen-bond acceptors (Lipinski definition) is 4. The van der Waals surface area contributed by atoms with Gasteiger partial charge in [-0.25, -0.2) is 0 Å². The van der Waals surface area contributed by atoms with Crippen molar-refractivity contribution in [1.29, 1.82) is 0 Å². The number of ether oxygens (including phenoxy) is 2. The topological polar surface area (TPSA) is 50.7 Å². The van der Waals surface area contributed by atoms with Crippen LogP contribution in [0.15, 0.2) is 0 Å². The lowest BCUT2D eigenvalue weighted by Crippen LogP contribution is -2.42. The van der Waals surface area contributed by atoms with E-state index in [2.05, 4.69) is 5.32 Å². The van der Waals surface area contributed by atoms with Crippen LogP contribution >= 0.6 is 0 Å². The quantitative estimate of drug-likeness (QED) is 0.531. The fourth-order valence-corrected chi connectivity index (χ4v) is 0.905. The minimum absolute atomic E-state index is 0.365. The number of methoxy groups -OCH3 is 1. The third-order valence-corrected chi connectivity index (χ3v) is 1.61. The van der Waals surface area contributed by atoms with E-state index in [0.717, 1.165) is 6.54 Å². The average Bonchev–Trinajstić information content (AvgIpc) is 2.09. The lowest BCUT2D eigenvalue weighted by Gasteiger charge is -2.23. The highest BCUT2D eigenvalue weighted by molar-refractivity contribution is 4.74. The summed E-state index contributed by atoms with van der Waals surface area (Å²) in [6.45, 7) is 6.59. The first-order valence-electron chi connectivity index (χ1n) is 4.62. The van der Waals surface area contributed by atoms with Crippen molar-refractivity contribution < 1.29 is 14.6 Å². The maximum Gasteiger partial charge on any atom is 0.0975 e. The molecule has 0 aliphatic carbocycles. The SMILES string of the molecule is CCOCC(C)(O)CNCCOC. The molecule has 0 spiro atoms. The molecular weight excluding hydrogens is 170 g/mol. The first-order chi connectivity index (χ1) is 6.12. The summed E-state index contributed by atoms with van der Waals surface area (Å²) in [5.74, 6) is 0. The highest BCUT2D eigenvalue weighted by atomic mass is 16.5. The van der Waals surface area contributed by atoms with Crippen LogP contribution in [-0.2, 0) is 9.47 Å². The van der Waals surface area contributed by atoms with E-state index < -0.39 is 5.60 Å². The summed E-state index contributed by atoms with van der Waals surface area (Å²) >= 11 is 0. The van der Waals surface area contributed by atoms with Crippen molar-refractivity contribution in [3.8, 4) is 0 Å². The Morgan fingerprint density at radius 3 is 2.69 bits per heavy atom. The van der Waals surface area contributed by atoms with Crippen LogP contribution in [0.5, 0.6) is 0 Å². The number of aliphatic hydroxyl groups is 1. The molecule has 0 bridgehead atoms. The molecule has 0 amide bonds. The van der Waals surface area contributed by atoms with Crippen molar-refractivity contribution in [2.24, 2.45) is 0 Å². The molecule has 13 heavy (non-hydrogen) atoms. The van der Waals surface area contributed by atoms with Crippen LogP contribution in [0, 0.1) is 0 Å². The van der Waals surface area contributed by atoms with Gasteiger partial charge in [0.15, 0.2) is 0 Å². The van der Waals surface area contributed by atoms with Crippen molar-refractivity contribution in [2.75, 3.05) is 40.0 Å². The zero-order valence-electron chi connectivity index (χ0n) is 8.80. The van der Waals surface area contributed by atoms with Gasteiger partial charge in [-0.2, -0.15) is 0 Å². The van der Waals surface area contributed by atoms with Crippen LogP contribution < -0.4 is 5.32 Å². The van der Waals surface area contributed by atoms with Gasteiger partial charge >= 0.3 is 0 Å². The van der Waals surface area contributed by atoms with Gasteiger partial charge in [0.25, 0.3) is 0 Å². The molecular formula is C9H21NO3. The fourth-order valence-electron chi connectivity index (χ4n) is 0.905. The van der Waals surface area contributed by atoms with Crippen molar-refractivity contribution in [3.05, 3.63) is 0 Å². The Kier molecular flexibility index (Phi) is 7.17. The van der Waals surface area contributed by atoms with Crippen molar-refractivity contribution in [2.45, 2.75) is 19.4 Å². The summed E-state index contributed by atoms with van der Waals surface area (Å²) in [5, 5.41) is 12.8. The van der Waals surface area contributed by atoms with E-state index in [0.29, 0.717) is 26.4 Å². The molecule has 0 saturated carbocycles. The molecule has 0 fully saturated rings. The normalized spacial score (nSPS) is 15.7. The largest absolute Gasteiger partial charge is 0.386 e. The van der Waals surface area contributed by atoms with Crippen LogP contribution in [0.2, 0.25) is 0 Å². The average molecular weight is 191 g/mol. The molecule has 0 aliphatic rings. The van der Waals surface area contributed by atoms with Gasteiger partial charge in [0.1, 0.15) is 0 Å². The van der Waals surface area contributed by atoms with Gasteiger partial charge in [-0.15, -0.1) is 0 Å². The van der Waals surface area contributed by atoms with E-state index in [4.69, 9.17) is 9.47 Å². The van der Waals surface area contributed by atoms with Gasteiger partial charge in [-0.05, 0) is 13.8 Å². The summed E-state index contributed by atoms with van der Waals surface area (Å²) in [5.41, 5.74) is -0.788. The molecule has 1 atom stereocenters. The first-order valence-corrected chi connectivity index (χ1v) is 4.62. The lowest BCUT2D eigenvalue weighted by atomic mass is 10.1. The molecule has 0 heterocycles. The molecule has 0 rings (SSSR count). The summed E-state index contributed by atoms with van der Waals surface area (Å²) in [7, 11) is 1.65. The predicted molar refractivity (Wildman–Crippen MR) is 51.9 cm³/mol. The minimum Gasteiger partial charge on any atom is -0.386 e. The molecule has 2 N–H and O–H groups in total. The highest BCUT2D eigenvalue weighted by Gasteiger charge is 2.19. The predicted octanol–water partition coefficient (Wildman–Crippen LogP) is 0.00990. The minimum atomic E-state index is -0.788. The van der Waals surface area contributed by atoms with E-state index in [1.807, 2.05) is 6.92 Å². The van der Waals surface area contributed by atoms with Gasteiger partial charge in [0.05, 0.1) is 18.8 Å². The Labute approximate surface area is 80.2 Å². The third kappa shape index (κ3) is 8.18. The summed E-state index contributed by atoms with van der Waals surface area (Å²) in [6.07, 6.45) is 0. The Balaban J connectivity index is 3.39. The molecule has 0 aromatic rings. The van der Waals surface area contributed by atoms with Gasteiger partial charge in [-0.3, -0.25) is 0 Å². The summed E-state index contributed by atoms with van der Waals surface area (Å²) < 4.78 is 10.00. The number of rotatable bonds is 8. The zero-order valence-corrected chi connectivity index (χ0v) is 8.80. The Bertz CT molecular complexity index is 117. The van der Waals surface area contributed by atoms with E-state index in [1.54, 1.807) is 14.0 Å². The fraction of sp³-hybridized carbons (Fsp3) is 1.00. The zero-order chi connectivity index (χ0) is 10.2. The summed E-state index contributed by atoms with van der Waals surface area (Å²) in [4.78, 5) is 0. The van der Waals surface area contributed by atoms with E-state index in [-0.39, 0.29) is 0 Å². The maximum atomic E-state index is 9.72. The maximum absolute atomic E-state index is 9.72. The molecule has 0 aromatic carbocycles. The van der Waals surface area contributed by atoms with Gasteiger partial charge in [0.2, 0.25) is 0 Å². The molecule has 0 radical (unpaired) electrons. The molecule has 4 heteroatoms. The van der Waals surface area contributed by atoms with Crippen LogP contribution in [0.4, 0.5) is 0 Å². The Morgan fingerprint density at radius 1 is 1.46 bits per heavy atom. The van der Waals surface area contributed by atoms with Crippen molar-refractivity contribution in [3.63, 3.8) is 0 Å². The van der Waals surface area contributed by atoms with E-state index in [1.165, 1.54) is 0 Å². The van der Waals surface area contributed by atoms with Gasteiger partial charge in [0, 0.05) is 26.8 Å². The van der Waals surface area contributed by atoms with Crippen LogP contribution in [-0.4, -0.2) is 50.7 Å². The van der Waals surface area contributed by atoms with Crippen LogP contribution in [0.3, 0.4) is 0 Å². The smallest absolute Gasteiger partial charge is 0.0975 e. The van der Waals surface area contributed by atoms with Crippen molar-refractivity contribution in [1.82, 2.24) is 5.32 Å². The lowest BCUT2D eigenvalue weighted by molar-refractivity contribution is -0.0293. The second kappa shape index (κ2) is 7.26. The second-order valence-corrected chi connectivity index (χ2v) is 3.30. The molecule has 4 nitrogen and oxygen atoms in total. The summed E-state index contributed by atoms with van der Waals surface area (Å²) in [6, 6.07) is 0. The molecule has 80 valence electrons. The standard InChI is InChI=1S/C9H21NO3/c1-4-13-8-9(2,11)7-10-5-6-12-3/h10-11H,4-8H2,1-3H3. The molecule has 0 aromatic heterocycles. The monoisotopic (exact) mass is 191 g/mol. The number of nitrogens with one attached hydrogen (secondary N) is 1. The van der Waals surface area contributed by atoms with Crippen LogP contribution in [0.1, 0.15) is 13.8 Å².